The molecule has 1 aromatic rings. The Kier molecular flexibility index (Phi) is 5.98. The summed E-state index contributed by atoms with van der Waals surface area (Å²) >= 11 is 5.92. The van der Waals surface area contributed by atoms with Gasteiger partial charge in [-0.15, -0.1) is 0 Å². The van der Waals surface area contributed by atoms with E-state index >= 15 is 0 Å². The van der Waals surface area contributed by atoms with Gasteiger partial charge in [-0.25, -0.2) is 9.44 Å². The fourth-order valence-corrected chi connectivity index (χ4v) is 2.94. The van der Waals surface area contributed by atoms with Crippen molar-refractivity contribution in [3.05, 3.63) is 34.9 Å². The van der Waals surface area contributed by atoms with Crippen LogP contribution in [0.4, 0.5) is 0 Å². The normalized spacial score (nSPS) is 18.6. The molecule has 0 bridgehead atoms. The molecule has 1 fully saturated rings. The number of hydrogen-bond donors (Lipinski definition) is 2. The highest BCUT2D eigenvalue weighted by molar-refractivity contribution is 7.87. The predicted molar refractivity (Wildman–Crippen MR) is 82.6 cm³/mol. The molecule has 0 aromatic heterocycles. The number of rotatable bonds is 6. The van der Waals surface area contributed by atoms with Gasteiger partial charge >= 0.3 is 0 Å². The monoisotopic (exact) mass is 333 g/mol. The summed E-state index contributed by atoms with van der Waals surface area (Å²) < 4.78 is 33.4. The zero-order valence-corrected chi connectivity index (χ0v) is 13.5. The zero-order chi connectivity index (χ0) is 15.3. The van der Waals surface area contributed by atoms with Gasteiger partial charge in [-0.05, 0) is 17.7 Å². The highest BCUT2D eigenvalue weighted by Gasteiger charge is 2.24. The summed E-state index contributed by atoms with van der Waals surface area (Å²) in [5.74, 6) is 0. The van der Waals surface area contributed by atoms with Crippen LogP contribution in [0.15, 0.2) is 24.3 Å². The summed E-state index contributed by atoms with van der Waals surface area (Å²) in [6, 6.07) is 7.44. The van der Waals surface area contributed by atoms with Gasteiger partial charge in [-0.2, -0.15) is 8.42 Å². The molecular weight excluding hydrogens is 314 g/mol. The van der Waals surface area contributed by atoms with Crippen molar-refractivity contribution in [3.63, 3.8) is 0 Å². The minimum Gasteiger partial charge on any atom is -0.379 e. The van der Waals surface area contributed by atoms with Gasteiger partial charge in [0.05, 0.1) is 13.2 Å². The summed E-state index contributed by atoms with van der Waals surface area (Å²) in [4.78, 5) is 2.21. The molecule has 8 heteroatoms. The minimum absolute atomic E-state index is 0.0470. The first kappa shape index (κ1) is 16.7. The fraction of sp³-hybridized carbons (Fsp3) is 0.538. The Labute approximate surface area is 130 Å². The van der Waals surface area contributed by atoms with Crippen molar-refractivity contribution >= 4 is 21.8 Å². The average molecular weight is 334 g/mol. The minimum atomic E-state index is -3.45. The third-order valence-electron chi connectivity index (χ3n) is 3.48. The van der Waals surface area contributed by atoms with Crippen LogP contribution in [0.5, 0.6) is 0 Å². The Morgan fingerprint density at radius 2 is 1.90 bits per heavy atom. The summed E-state index contributed by atoms with van der Waals surface area (Å²) in [5.41, 5.74) is 1.03. The van der Waals surface area contributed by atoms with E-state index in [9.17, 15) is 8.42 Å². The Hall–Kier alpha value is -0.700. The summed E-state index contributed by atoms with van der Waals surface area (Å²) in [7, 11) is -2.07. The smallest absolute Gasteiger partial charge is 0.276 e. The zero-order valence-electron chi connectivity index (χ0n) is 11.9. The van der Waals surface area contributed by atoms with Crippen molar-refractivity contribution in [2.45, 2.75) is 6.04 Å². The van der Waals surface area contributed by atoms with E-state index in [2.05, 4.69) is 14.3 Å². The number of hydrogen-bond acceptors (Lipinski definition) is 4. The van der Waals surface area contributed by atoms with Gasteiger partial charge < -0.3 is 4.74 Å². The SMILES string of the molecule is CNS(=O)(=O)NCC(c1ccc(Cl)cc1)N1CCOCC1. The Balaban J connectivity index is 2.15. The number of benzene rings is 1. The molecule has 0 spiro atoms. The Morgan fingerprint density at radius 3 is 2.48 bits per heavy atom. The van der Waals surface area contributed by atoms with Crippen molar-refractivity contribution in [2.75, 3.05) is 39.9 Å². The van der Waals surface area contributed by atoms with E-state index in [0.29, 0.717) is 24.8 Å². The molecule has 0 saturated carbocycles. The maximum Gasteiger partial charge on any atom is 0.276 e. The molecule has 2 rings (SSSR count). The molecule has 1 atom stereocenters. The Bertz CT molecular complexity index is 544. The van der Waals surface area contributed by atoms with Crippen molar-refractivity contribution in [3.8, 4) is 0 Å². The second-order valence-electron chi connectivity index (χ2n) is 4.77. The van der Waals surface area contributed by atoms with Crippen LogP contribution in [0.3, 0.4) is 0 Å². The number of halogens is 1. The van der Waals surface area contributed by atoms with E-state index in [4.69, 9.17) is 16.3 Å². The van der Waals surface area contributed by atoms with E-state index in [1.54, 1.807) is 0 Å². The van der Waals surface area contributed by atoms with Crippen molar-refractivity contribution in [1.29, 1.82) is 0 Å². The van der Waals surface area contributed by atoms with Crippen LogP contribution in [0.25, 0.3) is 0 Å². The van der Waals surface area contributed by atoms with E-state index in [-0.39, 0.29) is 6.04 Å². The Morgan fingerprint density at radius 1 is 1.29 bits per heavy atom. The molecule has 1 aromatic carbocycles. The fourth-order valence-electron chi connectivity index (χ4n) is 2.29. The largest absolute Gasteiger partial charge is 0.379 e. The third kappa shape index (κ3) is 4.91. The summed E-state index contributed by atoms with van der Waals surface area (Å²) in [6.45, 7) is 3.15. The van der Waals surface area contributed by atoms with Crippen molar-refractivity contribution in [1.82, 2.24) is 14.3 Å². The highest BCUT2D eigenvalue weighted by atomic mass is 35.5. The highest BCUT2D eigenvalue weighted by Crippen LogP contribution is 2.23. The molecule has 118 valence electrons. The maximum atomic E-state index is 11.6. The molecule has 1 saturated heterocycles. The molecule has 1 aliphatic rings. The topological polar surface area (TPSA) is 70.7 Å². The lowest BCUT2D eigenvalue weighted by Crippen LogP contribution is -2.45. The molecule has 21 heavy (non-hydrogen) atoms. The van der Waals surface area contributed by atoms with E-state index in [1.807, 2.05) is 24.3 Å². The van der Waals surface area contributed by atoms with Gasteiger partial charge in [-0.3, -0.25) is 4.90 Å². The molecule has 6 nitrogen and oxygen atoms in total. The number of ether oxygens (including phenoxy) is 1. The van der Waals surface area contributed by atoms with Crippen LogP contribution in [-0.2, 0) is 14.9 Å². The molecule has 1 aliphatic heterocycles. The predicted octanol–water partition coefficient (Wildman–Crippen LogP) is 0.767. The first-order chi connectivity index (χ1) is 10.0. The lowest BCUT2D eigenvalue weighted by atomic mass is 10.1. The molecule has 1 heterocycles. The maximum absolute atomic E-state index is 11.6. The van der Waals surface area contributed by atoms with Crippen LogP contribution in [0.1, 0.15) is 11.6 Å². The molecule has 0 aliphatic carbocycles. The summed E-state index contributed by atoms with van der Waals surface area (Å²) in [5, 5.41) is 0.662. The van der Waals surface area contributed by atoms with Gasteiger partial charge in [0.1, 0.15) is 0 Å². The van der Waals surface area contributed by atoms with Gasteiger partial charge in [0.15, 0.2) is 0 Å². The molecule has 0 radical (unpaired) electrons. The van der Waals surface area contributed by atoms with Crippen LogP contribution >= 0.6 is 11.6 Å². The van der Waals surface area contributed by atoms with E-state index < -0.39 is 10.2 Å². The van der Waals surface area contributed by atoms with Gasteiger partial charge in [0.2, 0.25) is 0 Å². The second kappa shape index (κ2) is 7.53. The molecule has 1 unspecified atom stereocenters. The number of nitrogens with one attached hydrogen (secondary N) is 2. The van der Waals surface area contributed by atoms with Crippen LogP contribution < -0.4 is 9.44 Å². The number of nitrogens with zero attached hydrogens (tertiary/aromatic N) is 1. The first-order valence-corrected chi connectivity index (χ1v) is 8.63. The van der Waals surface area contributed by atoms with E-state index in [0.717, 1.165) is 18.7 Å². The average Bonchev–Trinajstić information content (AvgIpc) is 2.50. The number of morpholine rings is 1. The van der Waals surface area contributed by atoms with Crippen LogP contribution in [0.2, 0.25) is 5.02 Å². The second-order valence-corrected chi connectivity index (χ2v) is 6.91. The lowest BCUT2D eigenvalue weighted by molar-refractivity contribution is 0.0172. The van der Waals surface area contributed by atoms with Crippen molar-refractivity contribution in [2.24, 2.45) is 0 Å². The van der Waals surface area contributed by atoms with Gasteiger partial charge in [0.25, 0.3) is 10.2 Å². The standard InChI is InChI=1S/C13H20ClN3O3S/c1-15-21(18,19)16-10-13(17-6-8-20-9-7-17)11-2-4-12(14)5-3-11/h2-5,13,15-16H,6-10H2,1H3. The van der Waals surface area contributed by atoms with Gasteiger partial charge in [-0.1, -0.05) is 23.7 Å². The van der Waals surface area contributed by atoms with Crippen LogP contribution in [0, 0.1) is 0 Å². The summed E-state index contributed by atoms with van der Waals surface area (Å²) in [6.07, 6.45) is 0. The quantitative estimate of drug-likeness (QED) is 0.806. The van der Waals surface area contributed by atoms with E-state index in [1.165, 1.54) is 7.05 Å². The van der Waals surface area contributed by atoms with Crippen molar-refractivity contribution < 1.29 is 13.2 Å². The molecule has 2 N–H and O–H groups in total. The van der Waals surface area contributed by atoms with Gasteiger partial charge in [0, 0.05) is 37.7 Å². The third-order valence-corrected chi connectivity index (χ3v) is 4.81. The first-order valence-electron chi connectivity index (χ1n) is 6.77. The molecular formula is C13H20ClN3O3S. The molecule has 0 amide bonds. The lowest BCUT2D eigenvalue weighted by Gasteiger charge is -2.34. The van der Waals surface area contributed by atoms with Crippen LogP contribution in [-0.4, -0.2) is 53.2 Å².